The van der Waals surface area contributed by atoms with Crippen LogP contribution in [0, 0.1) is 0 Å². The number of hydrogen-bond donors (Lipinski definition) is 1. The van der Waals surface area contributed by atoms with Gasteiger partial charge in [0.2, 0.25) is 0 Å². The van der Waals surface area contributed by atoms with Crippen molar-refractivity contribution in [2.75, 3.05) is 27.2 Å². The van der Waals surface area contributed by atoms with Crippen LogP contribution in [-0.2, 0) is 5.41 Å². The summed E-state index contributed by atoms with van der Waals surface area (Å²) in [6, 6.07) is 0. The Balaban J connectivity index is 0. The molecule has 1 heterocycles. The van der Waals surface area contributed by atoms with Crippen molar-refractivity contribution in [1.82, 2.24) is 15.2 Å². The maximum atomic E-state index is 12.0. The first-order valence-corrected chi connectivity index (χ1v) is 6.60. The summed E-state index contributed by atoms with van der Waals surface area (Å²) in [5.74, 6) is -0.00741. The highest BCUT2D eigenvalue weighted by Crippen LogP contribution is 2.25. The van der Waals surface area contributed by atoms with E-state index in [2.05, 4.69) is 31.1 Å². The fourth-order valence-electron chi connectivity index (χ4n) is 1.29. The lowest BCUT2D eigenvalue weighted by Gasteiger charge is -2.16. The molecule has 0 unspecified atom stereocenters. The predicted octanol–water partition coefficient (Wildman–Crippen LogP) is 2.58. The molecule has 19 heavy (non-hydrogen) atoms. The third-order valence-electron chi connectivity index (χ3n) is 2.41. The number of carbonyl (C=O) groups excluding carboxylic acids is 1. The van der Waals surface area contributed by atoms with E-state index >= 15 is 0 Å². The fourth-order valence-corrected chi connectivity index (χ4v) is 2.17. The number of rotatable bonds is 4. The molecule has 1 amide bonds. The van der Waals surface area contributed by atoms with Gasteiger partial charge in [-0.1, -0.05) is 20.8 Å². The Hall–Kier alpha value is -0.360. The van der Waals surface area contributed by atoms with Crippen molar-refractivity contribution in [3.8, 4) is 0 Å². The fraction of sp³-hybridized carbons (Fsp3) is 0.667. The Morgan fingerprint density at radius 3 is 2.42 bits per heavy atom. The highest BCUT2D eigenvalue weighted by molar-refractivity contribution is 7.10. The zero-order chi connectivity index (χ0) is 13.1. The van der Waals surface area contributed by atoms with Crippen molar-refractivity contribution in [1.29, 1.82) is 0 Å². The lowest BCUT2D eigenvalue weighted by Crippen LogP contribution is -2.33. The standard InChI is InChI=1S/C12H21N3OS.2ClH/c1-12(2,3)11-14-9(8-17-11)10(16)15(5)7-6-13-4;;/h8,13H,6-7H2,1-5H3;2*1H. The van der Waals surface area contributed by atoms with Crippen LogP contribution in [0.5, 0.6) is 0 Å². The van der Waals surface area contributed by atoms with Crippen LogP contribution in [0.25, 0.3) is 0 Å². The molecular weight excluding hydrogens is 305 g/mol. The number of nitrogens with zero attached hydrogens (tertiary/aromatic N) is 2. The van der Waals surface area contributed by atoms with E-state index in [1.165, 1.54) is 0 Å². The molecule has 0 fully saturated rings. The number of thiazole rings is 1. The Kier molecular flexibility index (Phi) is 9.64. The summed E-state index contributed by atoms with van der Waals surface area (Å²) in [7, 11) is 3.68. The number of likely N-dealkylation sites (N-methyl/N-ethyl adjacent to an activating group) is 2. The molecule has 0 saturated heterocycles. The molecule has 112 valence electrons. The lowest BCUT2D eigenvalue weighted by atomic mass is 9.98. The molecule has 4 nitrogen and oxygen atoms in total. The van der Waals surface area contributed by atoms with Crippen LogP contribution in [0.4, 0.5) is 0 Å². The number of amides is 1. The number of nitrogens with one attached hydrogen (secondary N) is 1. The molecule has 1 aromatic heterocycles. The van der Waals surface area contributed by atoms with Gasteiger partial charge in [0.15, 0.2) is 0 Å². The first-order chi connectivity index (χ1) is 7.86. The number of carbonyl (C=O) groups is 1. The summed E-state index contributed by atoms with van der Waals surface area (Å²) < 4.78 is 0. The maximum Gasteiger partial charge on any atom is 0.273 e. The summed E-state index contributed by atoms with van der Waals surface area (Å²) in [4.78, 5) is 18.1. The Morgan fingerprint density at radius 2 is 2.00 bits per heavy atom. The molecule has 0 radical (unpaired) electrons. The van der Waals surface area contributed by atoms with E-state index in [1.807, 2.05) is 12.4 Å². The highest BCUT2D eigenvalue weighted by atomic mass is 35.5. The van der Waals surface area contributed by atoms with Gasteiger partial charge in [-0.25, -0.2) is 4.98 Å². The third-order valence-corrected chi connectivity index (χ3v) is 3.68. The van der Waals surface area contributed by atoms with Crippen LogP contribution >= 0.6 is 36.2 Å². The van der Waals surface area contributed by atoms with Gasteiger partial charge in [-0.05, 0) is 7.05 Å². The zero-order valence-corrected chi connectivity index (χ0v) is 14.5. The highest BCUT2D eigenvalue weighted by Gasteiger charge is 2.21. The molecule has 0 aliphatic heterocycles. The van der Waals surface area contributed by atoms with Crippen molar-refractivity contribution in [2.24, 2.45) is 0 Å². The van der Waals surface area contributed by atoms with Gasteiger partial charge in [-0.15, -0.1) is 36.2 Å². The summed E-state index contributed by atoms with van der Waals surface area (Å²) >= 11 is 1.55. The van der Waals surface area contributed by atoms with Crippen molar-refractivity contribution >= 4 is 42.1 Å². The van der Waals surface area contributed by atoms with E-state index in [0.29, 0.717) is 12.2 Å². The summed E-state index contributed by atoms with van der Waals surface area (Å²) in [5, 5.41) is 5.87. The molecule has 1 aromatic rings. The largest absolute Gasteiger partial charge is 0.339 e. The van der Waals surface area contributed by atoms with Gasteiger partial charge in [0.1, 0.15) is 5.69 Å². The van der Waals surface area contributed by atoms with Crippen LogP contribution in [-0.4, -0.2) is 43.0 Å². The normalized spacial score (nSPS) is 10.4. The molecular formula is C12H23Cl2N3OS. The van der Waals surface area contributed by atoms with Crippen LogP contribution in [0.2, 0.25) is 0 Å². The van der Waals surface area contributed by atoms with E-state index < -0.39 is 0 Å². The minimum Gasteiger partial charge on any atom is -0.339 e. The first kappa shape index (κ1) is 20.9. The first-order valence-electron chi connectivity index (χ1n) is 5.72. The zero-order valence-electron chi connectivity index (χ0n) is 12.0. The van der Waals surface area contributed by atoms with E-state index in [-0.39, 0.29) is 36.1 Å². The Labute approximate surface area is 131 Å². The molecule has 0 aliphatic rings. The summed E-state index contributed by atoms with van der Waals surface area (Å²) in [6.45, 7) is 7.79. The number of halogens is 2. The second-order valence-corrected chi connectivity index (χ2v) is 5.98. The SMILES string of the molecule is CNCCN(C)C(=O)c1csc(C(C)(C)C)n1.Cl.Cl. The van der Waals surface area contributed by atoms with Crippen LogP contribution in [0.1, 0.15) is 36.3 Å². The number of aromatic nitrogens is 1. The van der Waals surface area contributed by atoms with Crippen molar-refractivity contribution < 1.29 is 4.79 Å². The van der Waals surface area contributed by atoms with E-state index in [1.54, 1.807) is 23.3 Å². The quantitative estimate of drug-likeness (QED) is 0.924. The van der Waals surface area contributed by atoms with Crippen LogP contribution in [0.15, 0.2) is 5.38 Å². The van der Waals surface area contributed by atoms with Crippen molar-refractivity contribution in [3.63, 3.8) is 0 Å². The monoisotopic (exact) mass is 327 g/mol. The van der Waals surface area contributed by atoms with Gasteiger partial charge in [0, 0.05) is 30.9 Å². The van der Waals surface area contributed by atoms with E-state index in [0.717, 1.165) is 11.6 Å². The average molecular weight is 328 g/mol. The van der Waals surface area contributed by atoms with Gasteiger partial charge in [-0.2, -0.15) is 0 Å². The van der Waals surface area contributed by atoms with Gasteiger partial charge in [-0.3, -0.25) is 4.79 Å². The van der Waals surface area contributed by atoms with E-state index in [9.17, 15) is 4.79 Å². The topological polar surface area (TPSA) is 45.2 Å². The molecule has 0 aliphatic carbocycles. The summed E-state index contributed by atoms with van der Waals surface area (Å²) in [6.07, 6.45) is 0. The minimum atomic E-state index is -0.00741. The third kappa shape index (κ3) is 6.08. The van der Waals surface area contributed by atoms with Crippen molar-refractivity contribution in [3.05, 3.63) is 16.1 Å². The average Bonchev–Trinajstić information content (AvgIpc) is 2.73. The van der Waals surface area contributed by atoms with Crippen LogP contribution in [0.3, 0.4) is 0 Å². The lowest BCUT2D eigenvalue weighted by molar-refractivity contribution is 0.0791. The molecule has 1 rings (SSSR count). The van der Waals surface area contributed by atoms with Crippen molar-refractivity contribution in [2.45, 2.75) is 26.2 Å². The van der Waals surface area contributed by atoms with Gasteiger partial charge in [0.05, 0.1) is 5.01 Å². The Morgan fingerprint density at radius 1 is 1.42 bits per heavy atom. The second kappa shape index (κ2) is 8.74. The smallest absolute Gasteiger partial charge is 0.273 e. The molecule has 7 heteroatoms. The van der Waals surface area contributed by atoms with Gasteiger partial charge >= 0.3 is 0 Å². The molecule has 0 saturated carbocycles. The predicted molar refractivity (Wildman–Crippen MR) is 86.2 cm³/mol. The summed E-state index contributed by atoms with van der Waals surface area (Å²) in [5.41, 5.74) is 0.561. The van der Waals surface area contributed by atoms with E-state index in [4.69, 9.17) is 0 Å². The second-order valence-electron chi connectivity index (χ2n) is 5.12. The Bertz CT molecular complexity index is 391. The molecule has 1 N–H and O–H groups in total. The molecule has 0 aromatic carbocycles. The van der Waals surface area contributed by atoms with Crippen LogP contribution < -0.4 is 5.32 Å². The maximum absolute atomic E-state index is 12.0. The molecule has 0 bridgehead atoms. The van der Waals surface area contributed by atoms with Gasteiger partial charge < -0.3 is 10.2 Å². The molecule has 0 atom stereocenters. The molecule has 0 spiro atoms. The van der Waals surface area contributed by atoms with Gasteiger partial charge in [0.25, 0.3) is 5.91 Å². The minimum absolute atomic E-state index is 0. The number of hydrogen-bond acceptors (Lipinski definition) is 4.